The van der Waals surface area contributed by atoms with Crippen LogP contribution >= 0.6 is 0 Å². The molecular formula is C17H14N2O4. The molecule has 6 nitrogen and oxygen atoms in total. The first-order valence-electron chi connectivity index (χ1n) is 6.68. The van der Waals surface area contributed by atoms with Gasteiger partial charge in [0.2, 0.25) is 0 Å². The average molecular weight is 310 g/mol. The number of non-ortho nitro benzene ring substituents is 1. The van der Waals surface area contributed by atoms with Crippen LogP contribution in [0.2, 0.25) is 0 Å². The monoisotopic (exact) mass is 310 g/mol. The molecule has 0 aliphatic rings. The second-order valence-electron chi connectivity index (χ2n) is 4.56. The standard InChI is InChI=1S/C17H14N2O4/c1-22-16-8-4-6-13(17(16)23-2)9-14(11-18)12-5-3-7-15(10-12)19(20)21/h3-10H,1-2H3. The normalized spacial score (nSPS) is 10.7. The zero-order valence-corrected chi connectivity index (χ0v) is 12.6. The van der Waals surface area contributed by atoms with Crippen LogP contribution in [0.1, 0.15) is 11.1 Å². The molecule has 0 spiro atoms. The summed E-state index contributed by atoms with van der Waals surface area (Å²) < 4.78 is 10.5. The summed E-state index contributed by atoms with van der Waals surface area (Å²) >= 11 is 0. The first kappa shape index (κ1) is 16.0. The minimum absolute atomic E-state index is 0.0683. The minimum Gasteiger partial charge on any atom is -0.493 e. The van der Waals surface area contributed by atoms with Crippen molar-refractivity contribution >= 4 is 17.3 Å². The number of hydrogen-bond acceptors (Lipinski definition) is 5. The molecule has 6 heteroatoms. The average Bonchev–Trinajstić information content (AvgIpc) is 2.59. The van der Waals surface area contributed by atoms with Gasteiger partial charge in [0.25, 0.3) is 5.69 Å². The fourth-order valence-electron chi connectivity index (χ4n) is 2.15. The molecule has 0 aliphatic heterocycles. The number of rotatable bonds is 5. The zero-order chi connectivity index (χ0) is 16.8. The van der Waals surface area contributed by atoms with Crippen molar-refractivity contribution in [1.82, 2.24) is 0 Å². The Labute approximate surface area is 133 Å². The molecule has 0 aromatic heterocycles. The quantitative estimate of drug-likeness (QED) is 0.364. The van der Waals surface area contributed by atoms with Crippen molar-refractivity contribution in [3.63, 3.8) is 0 Å². The van der Waals surface area contributed by atoms with Crippen LogP contribution < -0.4 is 9.47 Å². The van der Waals surface area contributed by atoms with Crippen LogP contribution in [0.3, 0.4) is 0 Å². The third-order valence-corrected chi connectivity index (χ3v) is 3.22. The third kappa shape index (κ3) is 3.47. The zero-order valence-electron chi connectivity index (χ0n) is 12.6. The molecule has 2 aromatic carbocycles. The van der Waals surface area contributed by atoms with Gasteiger partial charge in [-0.25, -0.2) is 0 Å². The lowest BCUT2D eigenvalue weighted by atomic mass is 10.0. The van der Waals surface area contributed by atoms with E-state index < -0.39 is 4.92 Å². The second-order valence-corrected chi connectivity index (χ2v) is 4.56. The highest BCUT2D eigenvalue weighted by molar-refractivity contribution is 5.91. The van der Waals surface area contributed by atoms with Crippen molar-refractivity contribution in [1.29, 1.82) is 5.26 Å². The van der Waals surface area contributed by atoms with Crippen molar-refractivity contribution in [2.45, 2.75) is 0 Å². The van der Waals surface area contributed by atoms with Gasteiger partial charge in [0, 0.05) is 17.7 Å². The lowest BCUT2D eigenvalue weighted by Crippen LogP contribution is -1.93. The van der Waals surface area contributed by atoms with Crippen molar-refractivity contribution in [3.8, 4) is 17.6 Å². The van der Waals surface area contributed by atoms with Gasteiger partial charge in [-0.3, -0.25) is 10.1 Å². The van der Waals surface area contributed by atoms with Gasteiger partial charge in [-0.1, -0.05) is 24.3 Å². The molecular weight excluding hydrogens is 296 g/mol. The number of methoxy groups -OCH3 is 2. The summed E-state index contributed by atoms with van der Waals surface area (Å²) in [5, 5.41) is 20.3. The number of hydrogen-bond donors (Lipinski definition) is 0. The lowest BCUT2D eigenvalue weighted by Gasteiger charge is -2.10. The number of nitro groups is 1. The molecule has 0 fully saturated rings. The van der Waals surface area contributed by atoms with Gasteiger partial charge in [-0.05, 0) is 17.7 Å². The van der Waals surface area contributed by atoms with Crippen molar-refractivity contribution in [3.05, 3.63) is 63.7 Å². The molecule has 0 saturated carbocycles. The topological polar surface area (TPSA) is 85.4 Å². The van der Waals surface area contributed by atoms with Gasteiger partial charge in [-0.2, -0.15) is 5.26 Å². The fourth-order valence-corrected chi connectivity index (χ4v) is 2.15. The van der Waals surface area contributed by atoms with Gasteiger partial charge in [-0.15, -0.1) is 0 Å². The van der Waals surface area contributed by atoms with E-state index in [1.54, 1.807) is 36.4 Å². The maximum atomic E-state index is 10.9. The van der Waals surface area contributed by atoms with Gasteiger partial charge >= 0.3 is 0 Å². The third-order valence-electron chi connectivity index (χ3n) is 3.22. The molecule has 0 amide bonds. The number of benzene rings is 2. The molecule has 0 aliphatic carbocycles. The van der Waals surface area contributed by atoms with E-state index in [2.05, 4.69) is 6.07 Å². The molecule has 0 saturated heterocycles. The fraction of sp³-hybridized carbons (Fsp3) is 0.118. The highest BCUT2D eigenvalue weighted by atomic mass is 16.6. The number of nitro benzene ring substituents is 1. The highest BCUT2D eigenvalue weighted by Gasteiger charge is 2.12. The van der Waals surface area contributed by atoms with E-state index in [9.17, 15) is 15.4 Å². The molecule has 2 rings (SSSR count). The van der Waals surface area contributed by atoms with Crippen LogP contribution in [-0.4, -0.2) is 19.1 Å². The van der Waals surface area contributed by atoms with Crippen LogP contribution in [-0.2, 0) is 0 Å². The maximum Gasteiger partial charge on any atom is 0.270 e. The summed E-state index contributed by atoms with van der Waals surface area (Å²) in [6.07, 6.45) is 1.61. The molecule has 2 aromatic rings. The van der Waals surface area contributed by atoms with E-state index in [1.165, 1.54) is 26.4 Å². The number of para-hydroxylation sites is 1. The SMILES string of the molecule is COc1cccc(C=C(C#N)c2cccc([N+](=O)[O-])c2)c1OC. The molecule has 0 unspecified atom stereocenters. The number of nitriles is 1. The van der Waals surface area contributed by atoms with E-state index in [1.807, 2.05) is 0 Å². The van der Waals surface area contributed by atoms with E-state index in [-0.39, 0.29) is 5.69 Å². The Balaban J connectivity index is 2.54. The summed E-state index contributed by atoms with van der Waals surface area (Å²) in [6, 6.07) is 13.3. The summed E-state index contributed by atoms with van der Waals surface area (Å²) in [5.74, 6) is 1.03. The molecule has 0 bridgehead atoms. The van der Waals surface area contributed by atoms with E-state index in [0.717, 1.165) is 0 Å². The van der Waals surface area contributed by atoms with Crippen molar-refractivity contribution < 1.29 is 14.4 Å². The molecule has 23 heavy (non-hydrogen) atoms. The van der Waals surface area contributed by atoms with E-state index in [0.29, 0.717) is 28.2 Å². The molecule has 0 heterocycles. The first-order valence-corrected chi connectivity index (χ1v) is 6.68. The number of ether oxygens (including phenoxy) is 2. The Bertz CT molecular complexity index is 806. The summed E-state index contributed by atoms with van der Waals surface area (Å²) in [7, 11) is 3.03. The minimum atomic E-state index is -0.495. The Kier molecular flexibility index (Phi) is 4.95. The van der Waals surface area contributed by atoms with E-state index in [4.69, 9.17) is 9.47 Å². The van der Waals surface area contributed by atoms with Crippen molar-refractivity contribution in [2.24, 2.45) is 0 Å². The lowest BCUT2D eigenvalue weighted by molar-refractivity contribution is -0.384. The highest BCUT2D eigenvalue weighted by Crippen LogP contribution is 2.33. The summed E-state index contributed by atoms with van der Waals surface area (Å²) in [5.41, 5.74) is 1.34. The molecule has 116 valence electrons. The largest absolute Gasteiger partial charge is 0.493 e. The van der Waals surface area contributed by atoms with Crippen LogP contribution in [0.25, 0.3) is 11.6 Å². The Hall–Kier alpha value is -3.33. The Morgan fingerprint density at radius 1 is 1.22 bits per heavy atom. The summed E-state index contributed by atoms with van der Waals surface area (Å²) in [4.78, 5) is 10.4. The molecule has 0 atom stereocenters. The molecule has 0 radical (unpaired) electrons. The smallest absolute Gasteiger partial charge is 0.270 e. The first-order chi connectivity index (χ1) is 11.1. The second kappa shape index (κ2) is 7.09. The van der Waals surface area contributed by atoms with Gasteiger partial charge in [0.1, 0.15) is 0 Å². The Morgan fingerprint density at radius 3 is 2.57 bits per heavy atom. The van der Waals surface area contributed by atoms with Gasteiger partial charge < -0.3 is 9.47 Å². The van der Waals surface area contributed by atoms with Gasteiger partial charge in [0.15, 0.2) is 11.5 Å². The Morgan fingerprint density at radius 2 is 1.96 bits per heavy atom. The predicted molar refractivity (Wildman–Crippen MR) is 86.1 cm³/mol. The molecule has 0 N–H and O–H groups in total. The van der Waals surface area contributed by atoms with Gasteiger partial charge in [0.05, 0.1) is 30.8 Å². The maximum absolute atomic E-state index is 10.9. The van der Waals surface area contributed by atoms with Crippen LogP contribution in [0, 0.1) is 21.4 Å². The number of nitrogens with zero attached hydrogens (tertiary/aromatic N) is 2. The number of allylic oxidation sites excluding steroid dienone is 1. The van der Waals surface area contributed by atoms with Crippen LogP contribution in [0.4, 0.5) is 5.69 Å². The summed E-state index contributed by atoms with van der Waals surface area (Å²) in [6.45, 7) is 0. The van der Waals surface area contributed by atoms with Crippen molar-refractivity contribution in [2.75, 3.05) is 14.2 Å². The van der Waals surface area contributed by atoms with Crippen LogP contribution in [0.15, 0.2) is 42.5 Å². The van der Waals surface area contributed by atoms with E-state index >= 15 is 0 Å². The van der Waals surface area contributed by atoms with Crippen LogP contribution in [0.5, 0.6) is 11.5 Å². The predicted octanol–water partition coefficient (Wildman–Crippen LogP) is 3.68.